The Labute approximate surface area is 328 Å². The molecule has 2 aromatic carbocycles. The van der Waals surface area contributed by atoms with E-state index in [0.717, 1.165) is 85.2 Å². The number of fused-ring (bicyclic) bond motifs is 2. The number of likely N-dealkylation sites (N-methyl/N-ethyl adjacent to an activating group) is 1. The number of ether oxygens (including phenoxy) is 1. The highest BCUT2D eigenvalue weighted by atomic mass is 35.5. The topological polar surface area (TPSA) is 169 Å². The number of carbonyl (C=O) groups is 3. The minimum Gasteiger partial charge on any atom is -0.478 e. The lowest BCUT2D eigenvalue weighted by atomic mass is 9.87. The fraction of sp³-hybridized carbons (Fsp3) is 0.425. The summed E-state index contributed by atoms with van der Waals surface area (Å²) in [5.41, 5.74) is 4.02. The van der Waals surface area contributed by atoms with E-state index in [-0.39, 0.29) is 35.6 Å². The van der Waals surface area contributed by atoms with Crippen LogP contribution in [-0.2, 0) is 28.5 Å². The number of nitrogens with zero attached hydrogens (tertiary/aromatic N) is 7. The Kier molecular flexibility index (Phi) is 10.3. The van der Waals surface area contributed by atoms with Crippen LogP contribution >= 0.6 is 11.6 Å². The zero-order chi connectivity index (χ0) is 39.1. The molecule has 0 spiro atoms. The largest absolute Gasteiger partial charge is 0.478 e. The normalized spacial score (nSPS) is 19.1. The zero-order valence-corrected chi connectivity index (χ0v) is 32.4. The second kappa shape index (κ2) is 15.4. The molecule has 0 saturated carbocycles. The van der Waals surface area contributed by atoms with Gasteiger partial charge in [0.25, 0.3) is 11.5 Å². The van der Waals surface area contributed by atoms with Crippen LogP contribution < -0.4 is 36.0 Å². The molecule has 3 aliphatic heterocycles. The summed E-state index contributed by atoms with van der Waals surface area (Å²) in [4.78, 5) is 63.1. The van der Waals surface area contributed by atoms with Crippen LogP contribution in [0.1, 0.15) is 50.1 Å². The van der Waals surface area contributed by atoms with Gasteiger partial charge in [-0.2, -0.15) is 10.1 Å². The Morgan fingerprint density at radius 3 is 2.57 bits per heavy atom. The van der Waals surface area contributed by atoms with Crippen molar-refractivity contribution in [1.29, 1.82) is 0 Å². The second-order valence-corrected chi connectivity index (χ2v) is 15.5. The molecule has 16 heteroatoms. The third-order valence-electron chi connectivity index (χ3n) is 11.5. The van der Waals surface area contributed by atoms with Crippen LogP contribution in [0.2, 0.25) is 5.02 Å². The van der Waals surface area contributed by atoms with Crippen molar-refractivity contribution in [3.8, 4) is 5.75 Å². The van der Waals surface area contributed by atoms with Crippen LogP contribution in [-0.4, -0.2) is 81.9 Å². The van der Waals surface area contributed by atoms with E-state index in [1.165, 1.54) is 11.6 Å². The van der Waals surface area contributed by atoms with Crippen molar-refractivity contribution in [2.24, 2.45) is 25.9 Å². The molecule has 56 heavy (non-hydrogen) atoms. The van der Waals surface area contributed by atoms with E-state index < -0.39 is 5.92 Å². The van der Waals surface area contributed by atoms with Crippen molar-refractivity contribution in [1.82, 2.24) is 34.9 Å². The minimum absolute atomic E-state index is 0.0844. The standard InChI is InChI=1S/C40H45ClN10O5/c1-42-34(53)22-56-32-19-25-18-26(7-9-30(25)48(2)39(32)55)44-37-29(41)20-43-40(46-37)50-14-11-23(12-15-50)17-24-13-16-51(21-24)31-6-4-5-27-35(47-49(3)36(27)31)28-8-10-33(52)45-38(28)54/h4-7,9,18-20,23-24,28H,8,10-17,21-22H2,1-3H3,(H,42,53)(H,43,44,46)(H,45,52,54). The Morgan fingerprint density at radius 2 is 1.79 bits per heavy atom. The van der Waals surface area contributed by atoms with Crippen molar-refractivity contribution in [3.63, 3.8) is 0 Å². The van der Waals surface area contributed by atoms with E-state index in [1.54, 1.807) is 19.3 Å². The molecule has 5 aromatic rings. The van der Waals surface area contributed by atoms with Gasteiger partial charge in [-0.05, 0) is 74.3 Å². The summed E-state index contributed by atoms with van der Waals surface area (Å²) in [5.74, 6) is 1.13. The van der Waals surface area contributed by atoms with Crippen molar-refractivity contribution in [2.45, 2.75) is 44.4 Å². The van der Waals surface area contributed by atoms with Gasteiger partial charge in [0, 0.05) is 70.2 Å². The quantitative estimate of drug-likeness (QED) is 0.172. The molecule has 0 bridgehead atoms. The number of piperidine rings is 2. The maximum absolute atomic E-state index is 12.8. The Hall–Kier alpha value is -5.70. The number of rotatable bonds is 10. The number of amides is 3. The lowest BCUT2D eigenvalue weighted by Crippen LogP contribution is -2.39. The summed E-state index contributed by atoms with van der Waals surface area (Å²) in [6.45, 7) is 3.39. The number of anilines is 4. The van der Waals surface area contributed by atoms with Crippen molar-refractivity contribution in [2.75, 3.05) is 55.0 Å². The van der Waals surface area contributed by atoms with Crippen LogP contribution in [0.4, 0.5) is 23.1 Å². The van der Waals surface area contributed by atoms with Crippen LogP contribution in [0.5, 0.6) is 5.75 Å². The number of pyridine rings is 1. The van der Waals surface area contributed by atoms with Gasteiger partial charge in [0.2, 0.25) is 17.8 Å². The molecule has 3 amide bonds. The average molecular weight is 781 g/mol. The van der Waals surface area contributed by atoms with Crippen LogP contribution in [0.3, 0.4) is 0 Å². The smallest absolute Gasteiger partial charge is 0.293 e. The van der Waals surface area contributed by atoms with Crippen molar-refractivity contribution >= 4 is 74.3 Å². The van der Waals surface area contributed by atoms with E-state index in [4.69, 9.17) is 26.4 Å². The summed E-state index contributed by atoms with van der Waals surface area (Å²) in [5, 5.41) is 15.2. The van der Waals surface area contributed by atoms with Gasteiger partial charge < -0.3 is 29.7 Å². The maximum Gasteiger partial charge on any atom is 0.293 e. The predicted molar refractivity (Wildman–Crippen MR) is 215 cm³/mol. The third-order valence-corrected chi connectivity index (χ3v) is 11.7. The number of imide groups is 1. The summed E-state index contributed by atoms with van der Waals surface area (Å²) in [6, 6.07) is 13.4. The third kappa shape index (κ3) is 7.34. The molecule has 8 rings (SSSR count). The Bertz CT molecular complexity index is 2400. The van der Waals surface area contributed by atoms with Gasteiger partial charge in [-0.15, -0.1) is 0 Å². The number of benzene rings is 2. The highest BCUT2D eigenvalue weighted by Crippen LogP contribution is 2.38. The summed E-state index contributed by atoms with van der Waals surface area (Å²) in [6.07, 6.45) is 6.80. The molecule has 2 unspecified atom stereocenters. The van der Waals surface area contributed by atoms with E-state index in [0.29, 0.717) is 47.0 Å². The lowest BCUT2D eigenvalue weighted by Gasteiger charge is -2.33. The number of hydrogen-bond acceptors (Lipinski definition) is 11. The van der Waals surface area contributed by atoms with Gasteiger partial charge in [-0.1, -0.05) is 23.7 Å². The predicted octanol–water partition coefficient (Wildman–Crippen LogP) is 4.39. The highest BCUT2D eigenvalue weighted by Gasteiger charge is 2.34. The molecule has 15 nitrogen and oxygen atoms in total. The molecular weight excluding hydrogens is 736 g/mol. The molecule has 3 fully saturated rings. The van der Waals surface area contributed by atoms with E-state index in [9.17, 15) is 19.2 Å². The van der Waals surface area contributed by atoms with Gasteiger partial charge in [0.1, 0.15) is 5.02 Å². The SMILES string of the molecule is CNC(=O)COc1cc2cc(Nc3nc(N4CCC(CC5CCN(c6cccc7c(C8CCC(=O)NC8=O)nn(C)c67)C5)CC4)ncc3Cl)ccc2n(C)c1=O. The molecule has 3 N–H and O–H groups in total. The van der Waals surface area contributed by atoms with E-state index in [1.807, 2.05) is 42.1 Å². The molecular formula is C40H45ClN10O5. The number of hydrogen-bond donors (Lipinski definition) is 3. The van der Waals surface area contributed by atoms with E-state index >= 15 is 0 Å². The van der Waals surface area contributed by atoms with Gasteiger partial charge >= 0.3 is 0 Å². The van der Waals surface area contributed by atoms with Crippen molar-refractivity contribution in [3.05, 3.63) is 69.7 Å². The number of nitrogens with one attached hydrogen (secondary N) is 3. The lowest BCUT2D eigenvalue weighted by molar-refractivity contribution is -0.134. The van der Waals surface area contributed by atoms with Gasteiger partial charge in [-0.25, -0.2) is 4.98 Å². The molecule has 3 aliphatic rings. The first-order valence-electron chi connectivity index (χ1n) is 19.1. The molecule has 2 atom stereocenters. The summed E-state index contributed by atoms with van der Waals surface area (Å²) in [7, 11) is 5.11. The van der Waals surface area contributed by atoms with Gasteiger partial charge in [-0.3, -0.25) is 29.2 Å². The Morgan fingerprint density at radius 1 is 1.00 bits per heavy atom. The van der Waals surface area contributed by atoms with Crippen molar-refractivity contribution < 1.29 is 19.1 Å². The number of aromatic nitrogens is 5. The van der Waals surface area contributed by atoms with Gasteiger partial charge in [0.15, 0.2) is 18.2 Å². The summed E-state index contributed by atoms with van der Waals surface area (Å²) < 4.78 is 8.89. The Balaban J connectivity index is 0.890. The average Bonchev–Trinajstić information content (AvgIpc) is 3.80. The first kappa shape index (κ1) is 37.2. The second-order valence-electron chi connectivity index (χ2n) is 15.1. The number of para-hydroxylation sites is 1. The molecule has 3 saturated heterocycles. The first-order chi connectivity index (χ1) is 27.1. The fourth-order valence-corrected chi connectivity index (χ4v) is 8.62. The minimum atomic E-state index is -0.424. The molecule has 292 valence electrons. The first-order valence-corrected chi connectivity index (χ1v) is 19.5. The van der Waals surface area contributed by atoms with E-state index in [2.05, 4.69) is 36.8 Å². The van der Waals surface area contributed by atoms with Crippen LogP contribution in [0, 0.1) is 11.8 Å². The number of aryl methyl sites for hydroxylation is 2. The van der Waals surface area contributed by atoms with Crippen LogP contribution in [0.15, 0.2) is 53.5 Å². The zero-order valence-electron chi connectivity index (χ0n) is 31.7. The number of carbonyl (C=O) groups excluding carboxylic acids is 3. The van der Waals surface area contributed by atoms with Crippen LogP contribution in [0.25, 0.3) is 21.8 Å². The summed E-state index contributed by atoms with van der Waals surface area (Å²) >= 11 is 6.58. The molecule has 0 aliphatic carbocycles. The fourth-order valence-electron chi connectivity index (χ4n) is 8.48. The van der Waals surface area contributed by atoms with Gasteiger partial charge in [0.05, 0.1) is 34.5 Å². The highest BCUT2D eigenvalue weighted by molar-refractivity contribution is 6.33. The molecule has 3 aromatic heterocycles. The molecule has 6 heterocycles. The number of halogens is 1. The monoisotopic (exact) mass is 780 g/mol. The molecule has 0 radical (unpaired) electrons. The maximum atomic E-state index is 12.8.